The minimum Gasteiger partial charge on any atom is -0.491 e. The monoisotopic (exact) mass is 537 g/mol. The maximum Gasteiger partial charge on any atom is 0.251 e. The highest BCUT2D eigenvalue weighted by molar-refractivity contribution is 5.99. The van der Waals surface area contributed by atoms with Crippen molar-refractivity contribution in [2.75, 3.05) is 18.0 Å². The zero-order valence-electron chi connectivity index (χ0n) is 23.8. The SMILES string of the molecule is CC(C)CNC(=O)C(C)CC(O)[C@H](Cc1ccccc1)NC(=O)c1cc(OC(C)C)cc(N2CCCC2=O)c1. The zero-order valence-corrected chi connectivity index (χ0v) is 23.8. The fraction of sp³-hybridized carbons (Fsp3) is 0.516. The number of nitrogens with one attached hydrogen (secondary N) is 2. The topological polar surface area (TPSA) is 108 Å². The van der Waals surface area contributed by atoms with Crippen LogP contribution in [0, 0.1) is 11.8 Å². The number of ether oxygens (including phenoxy) is 1. The van der Waals surface area contributed by atoms with Crippen LogP contribution in [0.3, 0.4) is 0 Å². The molecule has 8 nitrogen and oxygen atoms in total. The Labute approximate surface area is 232 Å². The summed E-state index contributed by atoms with van der Waals surface area (Å²) in [5, 5.41) is 17.1. The van der Waals surface area contributed by atoms with Crippen LogP contribution in [0.1, 0.15) is 69.8 Å². The van der Waals surface area contributed by atoms with Gasteiger partial charge in [0.15, 0.2) is 0 Å². The molecule has 3 N–H and O–H groups in total. The fourth-order valence-electron chi connectivity index (χ4n) is 4.65. The van der Waals surface area contributed by atoms with E-state index in [0.29, 0.717) is 48.8 Å². The molecule has 1 aliphatic heterocycles. The van der Waals surface area contributed by atoms with Crippen molar-refractivity contribution in [2.45, 2.75) is 78.6 Å². The largest absolute Gasteiger partial charge is 0.491 e. The second kappa shape index (κ2) is 14.1. The van der Waals surface area contributed by atoms with E-state index in [0.717, 1.165) is 12.0 Å². The fourth-order valence-corrected chi connectivity index (χ4v) is 4.65. The maximum atomic E-state index is 13.6. The van der Waals surface area contributed by atoms with Gasteiger partial charge in [0.05, 0.1) is 18.2 Å². The smallest absolute Gasteiger partial charge is 0.251 e. The predicted molar refractivity (Wildman–Crippen MR) is 153 cm³/mol. The molecule has 0 saturated carbocycles. The molecule has 1 aliphatic rings. The number of hydrogen-bond acceptors (Lipinski definition) is 5. The lowest BCUT2D eigenvalue weighted by Crippen LogP contribution is -2.46. The maximum absolute atomic E-state index is 13.6. The molecule has 3 rings (SSSR count). The Bertz CT molecular complexity index is 1120. The zero-order chi connectivity index (χ0) is 28.5. The van der Waals surface area contributed by atoms with Crippen LogP contribution in [0.4, 0.5) is 5.69 Å². The third kappa shape index (κ3) is 9.10. The van der Waals surface area contributed by atoms with Crippen molar-refractivity contribution in [3.05, 3.63) is 59.7 Å². The van der Waals surface area contributed by atoms with E-state index in [1.54, 1.807) is 30.0 Å². The van der Waals surface area contributed by atoms with Gasteiger partial charge in [0.2, 0.25) is 11.8 Å². The molecule has 0 aliphatic carbocycles. The molecule has 2 aromatic carbocycles. The number of carbonyl (C=O) groups excluding carboxylic acids is 3. The number of aliphatic hydroxyl groups is 1. The molecule has 1 fully saturated rings. The number of anilines is 1. The summed E-state index contributed by atoms with van der Waals surface area (Å²) < 4.78 is 5.90. The van der Waals surface area contributed by atoms with Crippen molar-refractivity contribution in [3.8, 4) is 5.75 Å². The second-order valence-corrected chi connectivity index (χ2v) is 11.1. The molecule has 0 radical (unpaired) electrons. The molecular weight excluding hydrogens is 494 g/mol. The number of rotatable bonds is 13. The molecule has 2 aromatic rings. The van der Waals surface area contributed by atoms with E-state index >= 15 is 0 Å². The van der Waals surface area contributed by atoms with Crippen LogP contribution in [0.15, 0.2) is 48.5 Å². The quantitative estimate of drug-likeness (QED) is 0.357. The Morgan fingerprint density at radius 1 is 1.05 bits per heavy atom. The Morgan fingerprint density at radius 2 is 1.77 bits per heavy atom. The summed E-state index contributed by atoms with van der Waals surface area (Å²) in [6, 6.07) is 14.1. The number of carbonyl (C=O) groups is 3. The molecule has 2 unspecified atom stereocenters. The molecule has 0 aromatic heterocycles. The molecule has 212 valence electrons. The van der Waals surface area contributed by atoms with Crippen molar-refractivity contribution in [3.63, 3.8) is 0 Å². The standard InChI is InChI=1S/C31H43N3O5/c1-20(2)19-32-30(37)22(5)14-28(35)27(15-23-10-7-6-8-11-23)33-31(38)24-16-25(34-13-9-12-29(34)36)18-26(17-24)39-21(3)4/h6-8,10-11,16-18,20-22,27-28,35H,9,12-15,19H2,1-5H3,(H,32,37)(H,33,38)/t22?,27-,28?/m0/s1. The molecule has 0 bridgehead atoms. The molecule has 3 atom stereocenters. The lowest BCUT2D eigenvalue weighted by atomic mass is 9.93. The van der Waals surface area contributed by atoms with Gasteiger partial charge >= 0.3 is 0 Å². The first-order chi connectivity index (χ1) is 18.5. The summed E-state index contributed by atoms with van der Waals surface area (Å²) in [7, 11) is 0. The first kappa shape index (κ1) is 30.2. The minimum absolute atomic E-state index is 0.0187. The number of hydrogen-bond donors (Lipinski definition) is 3. The molecule has 1 heterocycles. The van der Waals surface area contributed by atoms with Gasteiger partial charge in [0, 0.05) is 42.7 Å². The molecule has 39 heavy (non-hydrogen) atoms. The first-order valence-corrected chi connectivity index (χ1v) is 14.0. The van der Waals surface area contributed by atoms with Gasteiger partial charge in [-0.15, -0.1) is 0 Å². The first-order valence-electron chi connectivity index (χ1n) is 14.0. The lowest BCUT2D eigenvalue weighted by Gasteiger charge is -2.27. The second-order valence-electron chi connectivity index (χ2n) is 11.1. The van der Waals surface area contributed by atoms with Gasteiger partial charge in [0.1, 0.15) is 5.75 Å². The Balaban J connectivity index is 1.83. The van der Waals surface area contributed by atoms with Crippen LogP contribution in [0.5, 0.6) is 5.75 Å². The van der Waals surface area contributed by atoms with Crippen LogP contribution >= 0.6 is 0 Å². The Morgan fingerprint density at radius 3 is 2.38 bits per heavy atom. The van der Waals surface area contributed by atoms with E-state index < -0.39 is 18.1 Å². The van der Waals surface area contributed by atoms with Gasteiger partial charge in [-0.05, 0) is 56.7 Å². The van der Waals surface area contributed by atoms with E-state index in [9.17, 15) is 19.5 Å². The summed E-state index contributed by atoms with van der Waals surface area (Å²) in [5.74, 6) is -0.0787. The van der Waals surface area contributed by atoms with E-state index in [4.69, 9.17) is 4.74 Å². The molecular formula is C31H43N3O5. The number of nitrogens with zero attached hydrogens (tertiary/aromatic N) is 1. The van der Waals surface area contributed by atoms with E-state index in [2.05, 4.69) is 10.6 Å². The molecule has 3 amide bonds. The van der Waals surface area contributed by atoms with Crippen molar-refractivity contribution in [2.24, 2.45) is 11.8 Å². The Kier molecular flexibility index (Phi) is 10.9. The summed E-state index contributed by atoms with van der Waals surface area (Å²) in [6.07, 6.45) is 0.777. The normalized spacial score (nSPS) is 15.8. The average molecular weight is 538 g/mol. The van der Waals surface area contributed by atoms with Crippen molar-refractivity contribution in [1.29, 1.82) is 0 Å². The number of amides is 3. The van der Waals surface area contributed by atoms with Crippen LogP contribution in [0.2, 0.25) is 0 Å². The number of aliphatic hydroxyl groups excluding tert-OH is 1. The van der Waals surface area contributed by atoms with Gasteiger partial charge in [-0.3, -0.25) is 14.4 Å². The highest BCUT2D eigenvalue weighted by atomic mass is 16.5. The van der Waals surface area contributed by atoms with Gasteiger partial charge in [-0.25, -0.2) is 0 Å². The van der Waals surface area contributed by atoms with E-state index in [1.807, 2.05) is 58.0 Å². The summed E-state index contributed by atoms with van der Waals surface area (Å²) in [5.41, 5.74) is 1.92. The van der Waals surface area contributed by atoms with Crippen molar-refractivity contribution >= 4 is 23.4 Å². The summed E-state index contributed by atoms with van der Waals surface area (Å²) in [6.45, 7) is 10.8. The summed E-state index contributed by atoms with van der Waals surface area (Å²) in [4.78, 5) is 40.2. The number of benzene rings is 2. The molecule has 0 spiro atoms. The Hall–Kier alpha value is -3.39. The lowest BCUT2D eigenvalue weighted by molar-refractivity contribution is -0.125. The van der Waals surface area contributed by atoms with Crippen molar-refractivity contribution in [1.82, 2.24) is 10.6 Å². The molecule has 1 saturated heterocycles. The van der Waals surface area contributed by atoms with Gasteiger partial charge in [0.25, 0.3) is 5.91 Å². The third-order valence-electron chi connectivity index (χ3n) is 6.72. The third-order valence-corrected chi connectivity index (χ3v) is 6.72. The van der Waals surface area contributed by atoms with Crippen molar-refractivity contribution < 1.29 is 24.2 Å². The van der Waals surface area contributed by atoms with Crippen LogP contribution in [-0.4, -0.2) is 54.2 Å². The van der Waals surface area contributed by atoms with Gasteiger partial charge < -0.3 is 25.4 Å². The summed E-state index contributed by atoms with van der Waals surface area (Å²) >= 11 is 0. The predicted octanol–water partition coefficient (Wildman–Crippen LogP) is 4.10. The van der Waals surface area contributed by atoms with Crippen LogP contribution in [-0.2, 0) is 16.0 Å². The van der Waals surface area contributed by atoms with Crippen LogP contribution in [0.25, 0.3) is 0 Å². The average Bonchev–Trinajstić information content (AvgIpc) is 3.32. The van der Waals surface area contributed by atoms with Crippen LogP contribution < -0.4 is 20.3 Å². The van der Waals surface area contributed by atoms with E-state index in [1.165, 1.54) is 0 Å². The van der Waals surface area contributed by atoms with E-state index in [-0.39, 0.29) is 30.2 Å². The molecule has 8 heteroatoms. The minimum atomic E-state index is -0.955. The highest BCUT2D eigenvalue weighted by Crippen LogP contribution is 2.28. The highest BCUT2D eigenvalue weighted by Gasteiger charge is 2.28. The van der Waals surface area contributed by atoms with Gasteiger partial charge in [-0.2, -0.15) is 0 Å². The van der Waals surface area contributed by atoms with Gasteiger partial charge in [-0.1, -0.05) is 51.1 Å².